The van der Waals surface area contributed by atoms with Crippen molar-refractivity contribution in [2.24, 2.45) is 7.05 Å². The minimum atomic E-state index is -0.691. The summed E-state index contributed by atoms with van der Waals surface area (Å²) >= 11 is 0. The number of aromatic nitrogens is 2. The van der Waals surface area contributed by atoms with Crippen molar-refractivity contribution >= 4 is 22.6 Å². The van der Waals surface area contributed by atoms with Crippen molar-refractivity contribution in [1.82, 2.24) is 14.6 Å². The summed E-state index contributed by atoms with van der Waals surface area (Å²) in [6.07, 6.45) is 0.595. The van der Waals surface area contributed by atoms with E-state index in [0.29, 0.717) is 40.0 Å². The number of benzene rings is 1. The number of fused-ring (bicyclic) bond motifs is 1. The molecular formula is C19H20FN3O3. The third kappa shape index (κ3) is 2.60. The van der Waals surface area contributed by atoms with Crippen molar-refractivity contribution in [2.45, 2.75) is 20.3 Å². The molecule has 2 heterocycles. The van der Waals surface area contributed by atoms with Crippen LogP contribution in [0.25, 0.3) is 22.2 Å². The van der Waals surface area contributed by atoms with E-state index >= 15 is 0 Å². The molecule has 1 aromatic carbocycles. The van der Waals surface area contributed by atoms with Gasteiger partial charge in [0.1, 0.15) is 11.6 Å². The predicted octanol–water partition coefficient (Wildman–Crippen LogP) is 3.11. The summed E-state index contributed by atoms with van der Waals surface area (Å²) < 4.78 is 21.0. The monoisotopic (exact) mass is 357 g/mol. The van der Waals surface area contributed by atoms with Gasteiger partial charge in [-0.05, 0) is 31.5 Å². The average Bonchev–Trinajstić information content (AvgIpc) is 3.10. The van der Waals surface area contributed by atoms with E-state index in [9.17, 15) is 14.0 Å². The lowest BCUT2D eigenvalue weighted by Crippen LogP contribution is -2.30. The standard InChI is InChI=1S/C19H20FN3O3/c1-6-13-15(10(2)26-21-13)17-16(18(24)19(25)22(3)4)12-9-11(20)7-8-14(12)23(17)5/h7-9H,6H2,1-5H3. The number of likely N-dealkylation sites (N-methyl/N-ethyl adjacent to an activating group) is 1. The van der Waals surface area contributed by atoms with Crippen LogP contribution in [0.15, 0.2) is 22.7 Å². The molecule has 0 N–H and O–H groups in total. The van der Waals surface area contributed by atoms with E-state index in [1.807, 2.05) is 6.92 Å². The maximum absolute atomic E-state index is 13.9. The third-order valence-corrected chi connectivity index (χ3v) is 4.49. The number of halogens is 1. The van der Waals surface area contributed by atoms with Gasteiger partial charge >= 0.3 is 0 Å². The van der Waals surface area contributed by atoms with Crippen LogP contribution in [0.4, 0.5) is 4.39 Å². The average molecular weight is 357 g/mol. The molecule has 3 rings (SSSR count). The fourth-order valence-electron chi connectivity index (χ4n) is 3.21. The van der Waals surface area contributed by atoms with Gasteiger partial charge < -0.3 is 14.0 Å². The smallest absolute Gasteiger partial charge is 0.294 e. The van der Waals surface area contributed by atoms with Gasteiger partial charge in [0.15, 0.2) is 0 Å². The molecule has 0 aliphatic heterocycles. The van der Waals surface area contributed by atoms with E-state index < -0.39 is 17.5 Å². The predicted molar refractivity (Wildman–Crippen MR) is 95.5 cm³/mol. The number of nitrogens with zero attached hydrogens (tertiary/aromatic N) is 3. The summed E-state index contributed by atoms with van der Waals surface area (Å²) in [7, 11) is 4.79. The van der Waals surface area contributed by atoms with Crippen molar-refractivity contribution in [3.05, 3.63) is 41.0 Å². The highest BCUT2D eigenvalue weighted by Crippen LogP contribution is 2.37. The molecule has 136 valence electrons. The second-order valence-electron chi connectivity index (χ2n) is 6.39. The van der Waals surface area contributed by atoms with Crippen LogP contribution in [0.3, 0.4) is 0 Å². The molecule has 0 aliphatic carbocycles. The fraction of sp³-hybridized carbons (Fsp3) is 0.316. The van der Waals surface area contributed by atoms with Crippen LogP contribution in [-0.2, 0) is 18.3 Å². The zero-order chi connectivity index (χ0) is 19.2. The number of carbonyl (C=O) groups is 2. The molecule has 0 aliphatic rings. The Bertz CT molecular complexity index is 1030. The highest BCUT2D eigenvalue weighted by atomic mass is 19.1. The molecule has 0 spiro atoms. The Labute approximate surface area is 150 Å². The van der Waals surface area contributed by atoms with Crippen LogP contribution in [0, 0.1) is 12.7 Å². The summed E-state index contributed by atoms with van der Waals surface area (Å²) in [4.78, 5) is 26.6. The Kier molecular flexibility index (Phi) is 4.39. The van der Waals surface area contributed by atoms with Gasteiger partial charge in [-0.15, -0.1) is 0 Å². The Morgan fingerprint density at radius 3 is 2.62 bits per heavy atom. The fourth-order valence-corrected chi connectivity index (χ4v) is 3.21. The largest absolute Gasteiger partial charge is 0.361 e. The number of aryl methyl sites for hydroxylation is 3. The molecule has 7 heteroatoms. The molecule has 26 heavy (non-hydrogen) atoms. The number of amides is 1. The Morgan fingerprint density at radius 2 is 2.00 bits per heavy atom. The SMILES string of the molecule is CCc1noc(C)c1-c1c(C(=O)C(=O)N(C)C)c2cc(F)ccc2n1C. The van der Waals surface area contributed by atoms with Gasteiger partial charge in [0.05, 0.1) is 22.5 Å². The highest BCUT2D eigenvalue weighted by Gasteiger charge is 2.31. The Morgan fingerprint density at radius 1 is 1.31 bits per heavy atom. The van der Waals surface area contributed by atoms with E-state index in [1.165, 1.54) is 31.1 Å². The topological polar surface area (TPSA) is 68.3 Å². The molecule has 0 unspecified atom stereocenters. The molecule has 6 nitrogen and oxygen atoms in total. The van der Waals surface area contributed by atoms with Crippen molar-refractivity contribution in [1.29, 1.82) is 0 Å². The summed E-state index contributed by atoms with van der Waals surface area (Å²) in [5.41, 5.74) is 2.68. The lowest BCUT2D eigenvalue weighted by atomic mass is 9.99. The molecule has 0 saturated heterocycles. The van der Waals surface area contributed by atoms with Gasteiger partial charge in [0, 0.05) is 32.0 Å². The number of carbonyl (C=O) groups excluding carboxylic acids is 2. The van der Waals surface area contributed by atoms with Crippen molar-refractivity contribution in [3.8, 4) is 11.3 Å². The highest BCUT2D eigenvalue weighted by molar-refractivity contribution is 6.46. The molecular weight excluding hydrogens is 337 g/mol. The molecule has 0 fully saturated rings. The molecule has 0 saturated carbocycles. The molecule has 2 aromatic heterocycles. The van der Waals surface area contributed by atoms with Gasteiger partial charge in [0.2, 0.25) is 0 Å². The van der Waals surface area contributed by atoms with E-state index in [0.717, 1.165) is 0 Å². The minimum Gasteiger partial charge on any atom is -0.361 e. The van der Waals surface area contributed by atoms with E-state index in [2.05, 4.69) is 5.16 Å². The Balaban J connectivity index is 2.44. The molecule has 0 radical (unpaired) electrons. The first kappa shape index (κ1) is 17.8. The lowest BCUT2D eigenvalue weighted by molar-refractivity contribution is -0.124. The zero-order valence-corrected chi connectivity index (χ0v) is 15.4. The van der Waals surface area contributed by atoms with Crippen LogP contribution in [0.1, 0.15) is 28.7 Å². The zero-order valence-electron chi connectivity index (χ0n) is 15.4. The van der Waals surface area contributed by atoms with Gasteiger partial charge in [0.25, 0.3) is 11.7 Å². The van der Waals surface area contributed by atoms with Crippen LogP contribution in [0.5, 0.6) is 0 Å². The van der Waals surface area contributed by atoms with E-state index in [4.69, 9.17) is 4.52 Å². The number of rotatable bonds is 4. The van der Waals surface area contributed by atoms with Crippen molar-refractivity contribution < 1.29 is 18.5 Å². The van der Waals surface area contributed by atoms with Crippen LogP contribution >= 0.6 is 0 Å². The quantitative estimate of drug-likeness (QED) is 0.531. The number of ketones is 1. The van der Waals surface area contributed by atoms with Crippen LogP contribution < -0.4 is 0 Å². The van der Waals surface area contributed by atoms with E-state index in [1.54, 1.807) is 24.6 Å². The van der Waals surface area contributed by atoms with Crippen LogP contribution in [-0.4, -0.2) is 40.4 Å². The van der Waals surface area contributed by atoms with Gasteiger partial charge in [-0.2, -0.15) is 0 Å². The van der Waals surface area contributed by atoms with Gasteiger partial charge in [-0.1, -0.05) is 12.1 Å². The second-order valence-corrected chi connectivity index (χ2v) is 6.39. The molecule has 1 amide bonds. The van der Waals surface area contributed by atoms with Crippen molar-refractivity contribution in [2.75, 3.05) is 14.1 Å². The molecule has 0 bridgehead atoms. The van der Waals surface area contributed by atoms with Gasteiger partial charge in [-0.3, -0.25) is 9.59 Å². The summed E-state index contributed by atoms with van der Waals surface area (Å²) in [5.74, 6) is -1.29. The lowest BCUT2D eigenvalue weighted by Gasteiger charge is -2.11. The normalized spacial score (nSPS) is 11.2. The Hall–Kier alpha value is -2.96. The maximum atomic E-state index is 13.9. The summed E-state index contributed by atoms with van der Waals surface area (Å²) in [5, 5.41) is 4.44. The van der Waals surface area contributed by atoms with E-state index in [-0.39, 0.29) is 5.56 Å². The minimum absolute atomic E-state index is 0.168. The van der Waals surface area contributed by atoms with Crippen LogP contribution in [0.2, 0.25) is 0 Å². The first-order valence-electron chi connectivity index (χ1n) is 8.27. The first-order chi connectivity index (χ1) is 12.3. The van der Waals surface area contributed by atoms with Crippen molar-refractivity contribution in [3.63, 3.8) is 0 Å². The molecule has 0 atom stereocenters. The maximum Gasteiger partial charge on any atom is 0.294 e. The van der Waals surface area contributed by atoms with Gasteiger partial charge in [-0.25, -0.2) is 4.39 Å². The number of hydrogen-bond acceptors (Lipinski definition) is 4. The first-order valence-corrected chi connectivity index (χ1v) is 8.27. The summed E-state index contributed by atoms with van der Waals surface area (Å²) in [6.45, 7) is 3.68. The summed E-state index contributed by atoms with van der Waals surface area (Å²) in [6, 6.07) is 4.21. The number of Topliss-reactive ketones (excluding diaryl/α,β-unsaturated/α-hetero) is 1. The number of hydrogen-bond donors (Lipinski definition) is 0. The molecule has 3 aromatic rings. The second kappa shape index (κ2) is 6.40. The third-order valence-electron chi connectivity index (χ3n) is 4.49.